The number of ether oxygens (including phenoxy) is 1. The Labute approximate surface area is 353 Å². The van der Waals surface area contributed by atoms with Crippen LogP contribution < -0.4 is 5.32 Å². The van der Waals surface area contributed by atoms with Crippen LogP contribution in [0.25, 0.3) is 0 Å². The Bertz CT molecular complexity index is 946. The standard InChI is InChI=1S/C51H95NO5/c1-4-7-10-13-16-19-22-24-26-29-32-35-38-41-44-51(56)57-47(42-39-36-33-30-27-21-18-15-12-9-6-3)45-50(55)52-48(46-53)49(54)43-40-37-34-31-28-25-23-20-17-14-11-8-5-2/h7,10,16,19,30,33,47-49,53-54H,4-6,8-9,11-15,17-18,20-29,31-32,34-46H2,1-3H3,(H,52,55)/b10-7+,19-16+,33-30-. The molecular formula is C51H95NO5. The number of hydrogen-bond acceptors (Lipinski definition) is 5. The van der Waals surface area contributed by atoms with Crippen molar-refractivity contribution in [2.24, 2.45) is 0 Å². The van der Waals surface area contributed by atoms with Gasteiger partial charge in [0, 0.05) is 6.42 Å². The molecular weight excluding hydrogens is 707 g/mol. The van der Waals surface area contributed by atoms with E-state index >= 15 is 0 Å². The molecule has 0 aliphatic carbocycles. The van der Waals surface area contributed by atoms with E-state index in [1.165, 1.54) is 128 Å². The van der Waals surface area contributed by atoms with Crippen molar-refractivity contribution in [1.82, 2.24) is 5.32 Å². The quantitative estimate of drug-likeness (QED) is 0.0324. The Morgan fingerprint density at radius 1 is 0.526 bits per heavy atom. The molecule has 1 amide bonds. The first-order valence-electron chi connectivity index (χ1n) is 24.7. The van der Waals surface area contributed by atoms with Crippen molar-refractivity contribution in [2.45, 2.75) is 270 Å². The molecule has 0 rings (SSSR count). The molecule has 3 N–H and O–H groups in total. The lowest BCUT2D eigenvalue weighted by atomic mass is 10.0. The number of aliphatic hydroxyl groups excluding tert-OH is 2. The zero-order valence-electron chi connectivity index (χ0n) is 38.0. The van der Waals surface area contributed by atoms with Crippen molar-refractivity contribution in [1.29, 1.82) is 0 Å². The average molecular weight is 802 g/mol. The number of esters is 1. The summed E-state index contributed by atoms with van der Waals surface area (Å²) in [5.74, 6) is -0.508. The normalized spacial score (nSPS) is 13.6. The van der Waals surface area contributed by atoms with Crippen LogP contribution >= 0.6 is 0 Å². The van der Waals surface area contributed by atoms with Crippen LogP contribution in [0.4, 0.5) is 0 Å². The Morgan fingerprint density at radius 2 is 0.965 bits per heavy atom. The molecule has 334 valence electrons. The van der Waals surface area contributed by atoms with Crippen LogP contribution in [0.5, 0.6) is 0 Å². The smallest absolute Gasteiger partial charge is 0.306 e. The Hall–Kier alpha value is -1.92. The van der Waals surface area contributed by atoms with Gasteiger partial charge >= 0.3 is 5.97 Å². The minimum absolute atomic E-state index is 0.0554. The lowest BCUT2D eigenvalue weighted by Crippen LogP contribution is -2.46. The molecule has 0 aliphatic rings. The first kappa shape index (κ1) is 55.1. The molecule has 0 bridgehead atoms. The first-order valence-corrected chi connectivity index (χ1v) is 24.7. The monoisotopic (exact) mass is 802 g/mol. The van der Waals surface area contributed by atoms with E-state index in [-0.39, 0.29) is 24.9 Å². The van der Waals surface area contributed by atoms with Gasteiger partial charge in [-0.15, -0.1) is 0 Å². The molecule has 3 atom stereocenters. The molecule has 6 nitrogen and oxygen atoms in total. The average Bonchev–Trinajstić information content (AvgIpc) is 3.20. The Morgan fingerprint density at radius 3 is 1.47 bits per heavy atom. The summed E-state index contributed by atoms with van der Waals surface area (Å²) in [4.78, 5) is 26.0. The molecule has 0 saturated heterocycles. The summed E-state index contributed by atoms with van der Waals surface area (Å²) in [6.07, 6.45) is 52.1. The maximum Gasteiger partial charge on any atom is 0.306 e. The fourth-order valence-electron chi connectivity index (χ4n) is 7.47. The van der Waals surface area contributed by atoms with Gasteiger partial charge in [0.2, 0.25) is 5.91 Å². The molecule has 3 unspecified atom stereocenters. The van der Waals surface area contributed by atoms with Gasteiger partial charge in [-0.25, -0.2) is 0 Å². The zero-order valence-corrected chi connectivity index (χ0v) is 38.0. The van der Waals surface area contributed by atoms with Crippen LogP contribution in [0, 0.1) is 0 Å². The van der Waals surface area contributed by atoms with Gasteiger partial charge in [0.05, 0.1) is 25.2 Å². The second-order valence-corrected chi connectivity index (χ2v) is 16.8. The molecule has 0 spiro atoms. The van der Waals surface area contributed by atoms with Crippen LogP contribution in [0.2, 0.25) is 0 Å². The van der Waals surface area contributed by atoms with Crippen molar-refractivity contribution in [3.05, 3.63) is 36.5 Å². The lowest BCUT2D eigenvalue weighted by Gasteiger charge is -2.24. The molecule has 0 heterocycles. The van der Waals surface area contributed by atoms with E-state index in [1.54, 1.807) is 0 Å². The number of aliphatic hydroxyl groups is 2. The number of carbonyl (C=O) groups excluding carboxylic acids is 2. The molecule has 0 radical (unpaired) electrons. The van der Waals surface area contributed by atoms with Gasteiger partial charge < -0.3 is 20.3 Å². The summed E-state index contributed by atoms with van der Waals surface area (Å²) >= 11 is 0. The SMILES string of the molecule is CC/C=C/C/C=C/CCCCCCCCCC(=O)OC(CCC/C=C\CCCCCCCC)CC(=O)NC(CO)C(O)CCCCCCCCCCCCCCC. The topological polar surface area (TPSA) is 95.9 Å². The van der Waals surface area contributed by atoms with E-state index in [1.807, 2.05) is 0 Å². The van der Waals surface area contributed by atoms with Gasteiger partial charge in [0.15, 0.2) is 0 Å². The van der Waals surface area contributed by atoms with Gasteiger partial charge in [-0.1, -0.05) is 205 Å². The van der Waals surface area contributed by atoms with Gasteiger partial charge in [-0.2, -0.15) is 0 Å². The van der Waals surface area contributed by atoms with Gasteiger partial charge in [-0.3, -0.25) is 9.59 Å². The number of rotatable bonds is 44. The fraction of sp³-hybridized carbons (Fsp3) is 0.843. The summed E-state index contributed by atoms with van der Waals surface area (Å²) in [5.41, 5.74) is 0. The van der Waals surface area contributed by atoms with Gasteiger partial charge in [0.25, 0.3) is 0 Å². The summed E-state index contributed by atoms with van der Waals surface area (Å²) in [5, 5.41) is 23.7. The van der Waals surface area contributed by atoms with E-state index in [0.29, 0.717) is 19.3 Å². The maximum absolute atomic E-state index is 13.2. The predicted octanol–water partition coefficient (Wildman–Crippen LogP) is 14.5. The number of carbonyl (C=O) groups is 2. The van der Waals surface area contributed by atoms with Crippen LogP contribution in [0.3, 0.4) is 0 Å². The van der Waals surface area contributed by atoms with Gasteiger partial charge in [-0.05, 0) is 70.6 Å². The fourth-order valence-corrected chi connectivity index (χ4v) is 7.47. The minimum Gasteiger partial charge on any atom is -0.462 e. The van der Waals surface area contributed by atoms with Crippen LogP contribution in [0.1, 0.15) is 252 Å². The van der Waals surface area contributed by atoms with Crippen LogP contribution in [-0.2, 0) is 14.3 Å². The van der Waals surface area contributed by atoms with Crippen molar-refractivity contribution in [3.8, 4) is 0 Å². The molecule has 0 aliphatic heterocycles. The third-order valence-corrected chi connectivity index (χ3v) is 11.2. The Kier molecular flexibility index (Phi) is 43.6. The Balaban J connectivity index is 4.57. The highest BCUT2D eigenvalue weighted by Crippen LogP contribution is 2.17. The zero-order chi connectivity index (χ0) is 41.7. The number of unbranched alkanes of at least 4 members (excludes halogenated alkanes) is 26. The van der Waals surface area contributed by atoms with Crippen LogP contribution in [-0.4, -0.2) is 46.9 Å². The molecule has 0 aromatic carbocycles. The minimum atomic E-state index is -0.792. The van der Waals surface area contributed by atoms with Crippen molar-refractivity contribution < 1.29 is 24.5 Å². The van der Waals surface area contributed by atoms with E-state index < -0.39 is 18.2 Å². The van der Waals surface area contributed by atoms with E-state index in [2.05, 4.69) is 62.5 Å². The molecule has 0 aromatic heterocycles. The van der Waals surface area contributed by atoms with Crippen molar-refractivity contribution in [2.75, 3.05) is 6.61 Å². The number of hydrogen-bond donors (Lipinski definition) is 3. The molecule has 6 heteroatoms. The molecule has 0 fully saturated rings. The lowest BCUT2D eigenvalue weighted by molar-refractivity contribution is -0.151. The second kappa shape index (κ2) is 45.2. The predicted molar refractivity (Wildman–Crippen MR) is 246 cm³/mol. The highest BCUT2D eigenvalue weighted by Gasteiger charge is 2.24. The molecule has 57 heavy (non-hydrogen) atoms. The van der Waals surface area contributed by atoms with Crippen molar-refractivity contribution >= 4 is 11.9 Å². The van der Waals surface area contributed by atoms with E-state index in [0.717, 1.165) is 77.0 Å². The van der Waals surface area contributed by atoms with E-state index in [4.69, 9.17) is 4.74 Å². The van der Waals surface area contributed by atoms with Crippen LogP contribution in [0.15, 0.2) is 36.5 Å². The molecule has 0 aromatic rings. The molecule has 0 saturated carbocycles. The third kappa shape index (κ3) is 40.6. The maximum atomic E-state index is 13.2. The number of allylic oxidation sites excluding steroid dienone is 6. The second-order valence-electron chi connectivity index (χ2n) is 16.8. The van der Waals surface area contributed by atoms with E-state index in [9.17, 15) is 19.8 Å². The van der Waals surface area contributed by atoms with Crippen molar-refractivity contribution in [3.63, 3.8) is 0 Å². The highest BCUT2D eigenvalue weighted by molar-refractivity contribution is 5.77. The first-order chi connectivity index (χ1) is 28.0. The number of nitrogens with one attached hydrogen (secondary N) is 1. The summed E-state index contributed by atoms with van der Waals surface area (Å²) in [6, 6.07) is -0.708. The summed E-state index contributed by atoms with van der Waals surface area (Å²) in [6.45, 7) is 6.36. The summed E-state index contributed by atoms with van der Waals surface area (Å²) in [7, 11) is 0. The van der Waals surface area contributed by atoms with Gasteiger partial charge in [0.1, 0.15) is 6.10 Å². The third-order valence-electron chi connectivity index (χ3n) is 11.2. The number of amides is 1. The summed E-state index contributed by atoms with van der Waals surface area (Å²) < 4.78 is 5.90. The highest BCUT2D eigenvalue weighted by atomic mass is 16.5. The largest absolute Gasteiger partial charge is 0.462 e.